The normalized spacial score (nSPS) is 22.3. The largest absolute Gasteiger partial charge is 0.310 e. The lowest BCUT2D eigenvalue weighted by atomic mass is 9.72. The van der Waals surface area contributed by atoms with Crippen LogP contribution in [0.1, 0.15) is 37.8 Å². The van der Waals surface area contributed by atoms with E-state index < -0.39 is 0 Å². The first-order chi connectivity index (χ1) is 12.5. The smallest absolute Gasteiger partial charge is 0.139 e. The summed E-state index contributed by atoms with van der Waals surface area (Å²) in [5, 5.41) is 0. The first kappa shape index (κ1) is 17.4. The molecule has 1 aliphatic heterocycles. The van der Waals surface area contributed by atoms with Gasteiger partial charge in [-0.1, -0.05) is 65.6 Å². The average molecular weight is 404 g/mol. The van der Waals surface area contributed by atoms with Crippen LogP contribution in [0.2, 0.25) is 0 Å². The van der Waals surface area contributed by atoms with E-state index in [4.69, 9.17) is 0 Å². The minimum Gasteiger partial charge on any atom is -0.310 e. The molecule has 0 saturated carbocycles. The molecule has 4 rings (SSSR count). The predicted octanol–water partition coefficient (Wildman–Crippen LogP) is 5.28. The second kappa shape index (κ2) is 6.63. The van der Waals surface area contributed by atoms with Gasteiger partial charge in [0.15, 0.2) is 0 Å². The van der Waals surface area contributed by atoms with E-state index in [0.29, 0.717) is 0 Å². The molecule has 0 spiro atoms. The van der Waals surface area contributed by atoms with Crippen LogP contribution in [0.25, 0.3) is 0 Å². The van der Waals surface area contributed by atoms with Gasteiger partial charge < -0.3 is 4.90 Å². The summed E-state index contributed by atoms with van der Waals surface area (Å²) in [4.78, 5) is 2.41. The van der Waals surface area contributed by atoms with Gasteiger partial charge in [-0.15, -0.1) is 0 Å². The standard InChI is InChI=1S/C23H23BBrN/c1-23(2)19-14-16(24)10-12-21(19)26(18-8-6-4-3-5-7-9-18)22-13-11-17(25)15-20(22)23/h4,6-15H,3,5,24H2,1-2H3/b6-4-,9-7-,18-8+. The molecule has 26 heavy (non-hydrogen) atoms. The van der Waals surface area contributed by atoms with E-state index in [0.717, 1.165) is 17.3 Å². The number of benzene rings is 2. The molecule has 130 valence electrons. The van der Waals surface area contributed by atoms with Gasteiger partial charge >= 0.3 is 0 Å². The lowest BCUT2D eigenvalue weighted by Crippen LogP contribution is -2.33. The molecule has 1 aliphatic carbocycles. The van der Waals surface area contributed by atoms with Crippen molar-refractivity contribution in [3.05, 3.63) is 88.1 Å². The summed E-state index contributed by atoms with van der Waals surface area (Å²) in [5.74, 6) is 0. The molecule has 0 unspecified atom stereocenters. The van der Waals surface area contributed by atoms with Crippen LogP contribution in [0.4, 0.5) is 11.4 Å². The third kappa shape index (κ3) is 2.89. The summed E-state index contributed by atoms with van der Waals surface area (Å²) in [6, 6.07) is 13.5. The highest BCUT2D eigenvalue weighted by Gasteiger charge is 2.37. The van der Waals surface area contributed by atoms with Crippen LogP contribution in [0.5, 0.6) is 0 Å². The van der Waals surface area contributed by atoms with E-state index in [1.54, 1.807) is 0 Å². The Morgan fingerprint density at radius 2 is 1.65 bits per heavy atom. The molecule has 3 heteroatoms. The molecule has 0 saturated heterocycles. The van der Waals surface area contributed by atoms with Gasteiger partial charge in [-0.05, 0) is 60.4 Å². The van der Waals surface area contributed by atoms with Crippen molar-refractivity contribution in [3.8, 4) is 0 Å². The molecule has 0 amide bonds. The number of fused-ring (bicyclic) bond motifs is 2. The van der Waals surface area contributed by atoms with Gasteiger partial charge in [0.1, 0.15) is 7.85 Å². The van der Waals surface area contributed by atoms with Crippen molar-refractivity contribution in [2.45, 2.75) is 32.1 Å². The van der Waals surface area contributed by atoms with E-state index in [1.165, 1.54) is 33.7 Å². The second-order valence-corrected chi connectivity index (χ2v) is 8.56. The lowest BCUT2D eigenvalue weighted by molar-refractivity contribution is 0.630. The van der Waals surface area contributed by atoms with Crippen LogP contribution in [0.3, 0.4) is 0 Å². The Labute approximate surface area is 165 Å². The number of allylic oxidation sites excluding steroid dienone is 5. The summed E-state index contributed by atoms with van der Waals surface area (Å²) < 4.78 is 1.13. The molecular weight excluding hydrogens is 381 g/mol. The third-order valence-electron chi connectivity index (χ3n) is 5.39. The van der Waals surface area contributed by atoms with Crippen LogP contribution in [0, 0.1) is 0 Å². The molecule has 2 aliphatic rings. The van der Waals surface area contributed by atoms with Crippen molar-refractivity contribution in [3.63, 3.8) is 0 Å². The highest BCUT2D eigenvalue weighted by Crippen LogP contribution is 2.50. The van der Waals surface area contributed by atoms with Crippen molar-refractivity contribution in [1.29, 1.82) is 0 Å². The summed E-state index contributed by atoms with van der Waals surface area (Å²) >= 11 is 3.68. The molecular formula is C23H23BBrN. The summed E-state index contributed by atoms with van der Waals surface area (Å²) in [6.07, 6.45) is 13.4. The maximum absolute atomic E-state index is 3.68. The van der Waals surface area contributed by atoms with Gasteiger partial charge in [0.2, 0.25) is 0 Å². The lowest BCUT2D eigenvalue weighted by Gasteiger charge is -2.42. The quantitative estimate of drug-likeness (QED) is 0.585. The molecule has 0 fully saturated rings. The van der Waals surface area contributed by atoms with Crippen LogP contribution in [-0.2, 0) is 5.41 Å². The number of anilines is 2. The van der Waals surface area contributed by atoms with Crippen LogP contribution >= 0.6 is 15.9 Å². The molecule has 1 nitrogen and oxygen atoms in total. The second-order valence-electron chi connectivity index (χ2n) is 7.64. The number of nitrogens with zero attached hydrogens (tertiary/aromatic N) is 1. The van der Waals surface area contributed by atoms with E-state index in [2.05, 4.69) is 109 Å². The zero-order chi connectivity index (χ0) is 18.3. The number of hydrogen-bond acceptors (Lipinski definition) is 1. The predicted molar refractivity (Wildman–Crippen MR) is 119 cm³/mol. The van der Waals surface area contributed by atoms with Crippen molar-refractivity contribution in [2.75, 3.05) is 4.90 Å². The average Bonchev–Trinajstić information content (AvgIpc) is 2.57. The SMILES string of the molecule is Bc1ccc2c(c1)C(C)(C)c1cc(Br)ccc1N2C1=C/C=C\CC/C=C\1. The maximum atomic E-state index is 3.68. The Kier molecular flexibility index (Phi) is 4.44. The van der Waals surface area contributed by atoms with Crippen LogP contribution in [0.15, 0.2) is 76.9 Å². The molecule has 0 radical (unpaired) electrons. The van der Waals surface area contributed by atoms with Gasteiger partial charge in [0, 0.05) is 15.6 Å². The topological polar surface area (TPSA) is 3.24 Å². The van der Waals surface area contributed by atoms with E-state index in [9.17, 15) is 0 Å². The highest BCUT2D eigenvalue weighted by molar-refractivity contribution is 9.10. The fourth-order valence-corrected chi connectivity index (χ4v) is 4.33. The summed E-state index contributed by atoms with van der Waals surface area (Å²) in [7, 11) is 2.18. The molecule has 1 heterocycles. The zero-order valence-corrected chi connectivity index (χ0v) is 17.2. The van der Waals surface area contributed by atoms with Gasteiger partial charge in [-0.3, -0.25) is 0 Å². The minimum absolute atomic E-state index is 0.0430. The van der Waals surface area contributed by atoms with Gasteiger partial charge in [-0.25, -0.2) is 0 Å². The van der Waals surface area contributed by atoms with Crippen molar-refractivity contribution >= 4 is 40.6 Å². The highest BCUT2D eigenvalue weighted by atomic mass is 79.9. The van der Waals surface area contributed by atoms with Crippen molar-refractivity contribution in [1.82, 2.24) is 0 Å². The van der Waals surface area contributed by atoms with Crippen LogP contribution in [-0.4, -0.2) is 7.85 Å². The molecule has 0 aromatic heterocycles. The van der Waals surface area contributed by atoms with E-state index in [1.807, 2.05) is 0 Å². The molecule has 0 bridgehead atoms. The Morgan fingerprint density at radius 1 is 0.962 bits per heavy atom. The van der Waals surface area contributed by atoms with E-state index >= 15 is 0 Å². The monoisotopic (exact) mass is 403 g/mol. The molecule has 2 aromatic rings. The Balaban J connectivity index is 2.01. The maximum Gasteiger partial charge on any atom is 0.139 e. The number of hydrogen-bond donors (Lipinski definition) is 0. The Bertz CT molecular complexity index is 897. The first-order valence-electron chi connectivity index (χ1n) is 9.23. The first-order valence-corrected chi connectivity index (χ1v) is 10.0. The zero-order valence-electron chi connectivity index (χ0n) is 15.6. The third-order valence-corrected chi connectivity index (χ3v) is 5.88. The molecule has 2 aromatic carbocycles. The van der Waals surface area contributed by atoms with Gasteiger partial charge in [-0.2, -0.15) is 0 Å². The molecule has 0 N–H and O–H groups in total. The van der Waals surface area contributed by atoms with Crippen molar-refractivity contribution < 1.29 is 0 Å². The number of halogens is 1. The fraction of sp³-hybridized carbons (Fsp3) is 0.217. The van der Waals surface area contributed by atoms with Crippen molar-refractivity contribution in [2.24, 2.45) is 0 Å². The fourth-order valence-electron chi connectivity index (χ4n) is 3.97. The Hall–Kier alpha value is -2.00. The molecule has 0 atom stereocenters. The Morgan fingerprint density at radius 3 is 2.46 bits per heavy atom. The van der Waals surface area contributed by atoms with E-state index in [-0.39, 0.29) is 5.41 Å². The minimum atomic E-state index is -0.0430. The van der Waals surface area contributed by atoms with Gasteiger partial charge in [0.25, 0.3) is 0 Å². The number of rotatable bonds is 1. The van der Waals surface area contributed by atoms with Crippen LogP contribution < -0.4 is 10.4 Å². The summed E-state index contributed by atoms with van der Waals surface area (Å²) in [6.45, 7) is 4.66. The summed E-state index contributed by atoms with van der Waals surface area (Å²) in [5.41, 5.74) is 7.74. The van der Waals surface area contributed by atoms with Gasteiger partial charge in [0.05, 0.1) is 11.4 Å².